The molecule has 0 aromatic heterocycles. The number of rotatable bonds is 4. The van der Waals surface area contributed by atoms with Crippen LogP contribution in [0.15, 0.2) is 18.2 Å². The summed E-state index contributed by atoms with van der Waals surface area (Å²) in [5, 5.41) is 0. The first-order valence-electron chi connectivity index (χ1n) is 7.14. The molecule has 1 aliphatic carbocycles. The highest BCUT2D eigenvalue weighted by Gasteiger charge is 2.48. The lowest BCUT2D eigenvalue weighted by Gasteiger charge is -2.33. The van der Waals surface area contributed by atoms with Crippen molar-refractivity contribution in [3.63, 3.8) is 0 Å². The smallest absolute Gasteiger partial charge is 0.319 e. The summed E-state index contributed by atoms with van der Waals surface area (Å²) >= 11 is 0. The number of Topliss-reactive ketones (excluding diaryl/α,β-unsaturated/α-hetero) is 1. The summed E-state index contributed by atoms with van der Waals surface area (Å²) in [5.41, 5.74) is -1.33. The number of ether oxygens (including phenoxy) is 1. The minimum absolute atomic E-state index is 0.0401. The molecular weight excluding hydrogens is 278 g/mol. The van der Waals surface area contributed by atoms with Gasteiger partial charge in [0, 0.05) is 6.42 Å². The summed E-state index contributed by atoms with van der Waals surface area (Å²) in [4.78, 5) is 24.6. The molecule has 114 valence electrons. The quantitative estimate of drug-likeness (QED) is 0.633. The summed E-state index contributed by atoms with van der Waals surface area (Å²) in [6.07, 6.45) is 1.86. The molecule has 0 N–H and O–H groups in total. The number of hydrogen-bond acceptors (Lipinski definition) is 3. The van der Waals surface area contributed by atoms with Crippen LogP contribution < -0.4 is 0 Å². The van der Waals surface area contributed by atoms with Crippen LogP contribution in [0.1, 0.15) is 38.2 Å². The van der Waals surface area contributed by atoms with E-state index in [0.29, 0.717) is 19.3 Å². The first kappa shape index (κ1) is 15.6. The van der Waals surface area contributed by atoms with E-state index in [9.17, 15) is 18.4 Å². The number of carbonyl (C=O) groups is 2. The molecule has 3 nitrogen and oxygen atoms in total. The van der Waals surface area contributed by atoms with Gasteiger partial charge in [0.25, 0.3) is 0 Å². The van der Waals surface area contributed by atoms with Crippen LogP contribution in [0, 0.1) is 17.0 Å². The Hall–Kier alpha value is -1.78. The molecule has 5 heteroatoms. The van der Waals surface area contributed by atoms with Gasteiger partial charge in [-0.3, -0.25) is 9.59 Å². The average molecular weight is 296 g/mol. The van der Waals surface area contributed by atoms with Crippen LogP contribution in [0.4, 0.5) is 8.78 Å². The van der Waals surface area contributed by atoms with Gasteiger partial charge in [-0.25, -0.2) is 8.78 Å². The Bertz CT molecular complexity index is 556. The van der Waals surface area contributed by atoms with Gasteiger partial charge in [-0.1, -0.05) is 6.42 Å². The van der Waals surface area contributed by atoms with Gasteiger partial charge in [-0.15, -0.1) is 0 Å². The van der Waals surface area contributed by atoms with E-state index in [1.165, 1.54) is 0 Å². The van der Waals surface area contributed by atoms with Crippen LogP contribution in [0.3, 0.4) is 0 Å². The Labute approximate surface area is 122 Å². The zero-order chi connectivity index (χ0) is 15.5. The predicted octanol–water partition coefficient (Wildman–Crippen LogP) is 3.20. The molecule has 21 heavy (non-hydrogen) atoms. The van der Waals surface area contributed by atoms with Gasteiger partial charge < -0.3 is 4.74 Å². The van der Waals surface area contributed by atoms with Crippen LogP contribution in [0.2, 0.25) is 0 Å². The lowest BCUT2D eigenvalue weighted by Crippen LogP contribution is -2.44. The molecule has 1 saturated carbocycles. The zero-order valence-electron chi connectivity index (χ0n) is 12.0. The Kier molecular flexibility index (Phi) is 4.70. The van der Waals surface area contributed by atoms with Crippen LogP contribution in [0.5, 0.6) is 0 Å². The van der Waals surface area contributed by atoms with Gasteiger partial charge in [0.2, 0.25) is 0 Å². The Morgan fingerprint density at radius 3 is 2.76 bits per heavy atom. The number of benzene rings is 1. The lowest BCUT2D eigenvalue weighted by molar-refractivity contribution is -0.162. The number of esters is 1. The normalized spacial score (nSPS) is 22.1. The minimum atomic E-state index is -1.37. The second kappa shape index (κ2) is 6.33. The highest BCUT2D eigenvalue weighted by molar-refractivity contribution is 6.04. The molecule has 0 bridgehead atoms. The summed E-state index contributed by atoms with van der Waals surface area (Å²) in [7, 11) is 0. The van der Waals surface area contributed by atoms with Crippen molar-refractivity contribution in [3.05, 3.63) is 35.4 Å². The Morgan fingerprint density at radius 2 is 2.10 bits per heavy atom. The van der Waals surface area contributed by atoms with Crippen LogP contribution >= 0.6 is 0 Å². The van der Waals surface area contributed by atoms with Crippen molar-refractivity contribution in [3.8, 4) is 0 Å². The van der Waals surface area contributed by atoms with E-state index in [4.69, 9.17) is 4.74 Å². The van der Waals surface area contributed by atoms with Crippen LogP contribution in [-0.2, 0) is 20.7 Å². The van der Waals surface area contributed by atoms with Crippen molar-refractivity contribution < 1.29 is 23.1 Å². The van der Waals surface area contributed by atoms with E-state index >= 15 is 0 Å². The topological polar surface area (TPSA) is 43.4 Å². The fourth-order valence-electron chi connectivity index (χ4n) is 2.84. The third kappa shape index (κ3) is 3.12. The van der Waals surface area contributed by atoms with Crippen molar-refractivity contribution in [2.24, 2.45) is 5.41 Å². The molecule has 1 unspecified atom stereocenters. The van der Waals surface area contributed by atoms with E-state index < -0.39 is 23.0 Å². The third-order valence-corrected chi connectivity index (χ3v) is 3.96. The monoisotopic (exact) mass is 296 g/mol. The first-order valence-corrected chi connectivity index (χ1v) is 7.14. The highest BCUT2D eigenvalue weighted by Crippen LogP contribution is 2.38. The highest BCUT2D eigenvalue weighted by atomic mass is 19.1. The maximum atomic E-state index is 13.8. The van der Waals surface area contributed by atoms with Gasteiger partial charge in [-0.2, -0.15) is 0 Å². The largest absolute Gasteiger partial charge is 0.465 e. The second-order valence-electron chi connectivity index (χ2n) is 5.35. The molecule has 0 saturated heterocycles. The van der Waals surface area contributed by atoms with Gasteiger partial charge in [-0.05, 0) is 49.9 Å². The number of hydrogen-bond donors (Lipinski definition) is 0. The molecule has 0 aliphatic heterocycles. The van der Waals surface area contributed by atoms with Crippen molar-refractivity contribution >= 4 is 11.8 Å². The minimum Gasteiger partial charge on any atom is -0.465 e. The van der Waals surface area contributed by atoms with Crippen molar-refractivity contribution in [1.29, 1.82) is 0 Å². The van der Waals surface area contributed by atoms with Crippen LogP contribution in [-0.4, -0.2) is 18.4 Å². The maximum Gasteiger partial charge on any atom is 0.319 e. The molecular formula is C16H18F2O3. The summed E-state index contributed by atoms with van der Waals surface area (Å²) in [6, 6.07) is 3.06. The third-order valence-electron chi connectivity index (χ3n) is 3.96. The molecule has 1 fully saturated rings. The summed E-state index contributed by atoms with van der Waals surface area (Å²) < 4.78 is 32.2. The molecule has 0 spiro atoms. The first-order chi connectivity index (χ1) is 9.99. The molecule has 2 rings (SSSR count). The predicted molar refractivity (Wildman–Crippen MR) is 72.6 cm³/mol. The van der Waals surface area contributed by atoms with Crippen molar-refractivity contribution in [1.82, 2.24) is 0 Å². The number of ketones is 1. The van der Waals surface area contributed by atoms with Crippen LogP contribution in [0.25, 0.3) is 0 Å². The maximum absolute atomic E-state index is 13.8. The zero-order valence-corrected chi connectivity index (χ0v) is 12.0. The molecule has 1 aromatic carbocycles. The lowest BCUT2D eigenvalue weighted by atomic mass is 9.69. The van der Waals surface area contributed by atoms with E-state index in [-0.39, 0.29) is 30.8 Å². The number of halogens is 2. The second-order valence-corrected chi connectivity index (χ2v) is 5.35. The number of carbonyl (C=O) groups excluding carboxylic acids is 2. The van der Waals surface area contributed by atoms with Gasteiger partial charge >= 0.3 is 5.97 Å². The van der Waals surface area contributed by atoms with E-state index in [1.54, 1.807) is 6.92 Å². The van der Waals surface area contributed by atoms with Crippen molar-refractivity contribution in [2.45, 2.75) is 39.0 Å². The Balaban J connectivity index is 2.38. The average Bonchev–Trinajstić information content (AvgIpc) is 2.45. The summed E-state index contributed by atoms with van der Waals surface area (Å²) in [5.74, 6) is -2.07. The Morgan fingerprint density at radius 1 is 1.33 bits per heavy atom. The fraction of sp³-hybridized carbons (Fsp3) is 0.500. The summed E-state index contributed by atoms with van der Waals surface area (Å²) in [6.45, 7) is 1.81. The van der Waals surface area contributed by atoms with E-state index in [1.807, 2.05) is 0 Å². The van der Waals surface area contributed by atoms with Gasteiger partial charge in [0.05, 0.1) is 6.61 Å². The van der Waals surface area contributed by atoms with E-state index in [0.717, 1.165) is 18.2 Å². The van der Waals surface area contributed by atoms with Gasteiger partial charge in [0.1, 0.15) is 17.0 Å². The molecule has 0 radical (unpaired) electrons. The SMILES string of the molecule is CCOC(=O)C1(Cc2cc(F)ccc2F)CCCCC1=O. The molecule has 0 amide bonds. The van der Waals surface area contributed by atoms with Crippen molar-refractivity contribution in [2.75, 3.05) is 6.61 Å². The molecule has 0 heterocycles. The van der Waals surface area contributed by atoms with E-state index in [2.05, 4.69) is 0 Å². The van der Waals surface area contributed by atoms with Gasteiger partial charge in [0.15, 0.2) is 5.78 Å². The molecule has 1 aliphatic rings. The molecule has 1 aromatic rings. The molecule has 1 atom stereocenters. The standard InChI is InChI=1S/C16H18F2O3/c1-2-21-15(20)16(8-4-3-5-14(16)19)10-11-9-12(17)6-7-13(11)18/h6-7,9H,2-5,8,10H2,1H3. The fourth-order valence-corrected chi connectivity index (χ4v) is 2.84.